The van der Waals surface area contributed by atoms with Gasteiger partial charge in [0.25, 0.3) is 0 Å². The van der Waals surface area contributed by atoms with E-state index in [0.717, 1.165) is 31.9 Å². The van der Waals surface area contributed by atoms with Gasteiger partial charge < -0.3 is 19.5 Å². The van der Waals surface area contributed by atoms with Crippen LogP contribution in [0.5, 0.6) is 0 Å². The third-order valence-corrected chi connectivity index (χ3v) is 6.55. The molecule has 1 aliphatic rings. The van der Waals surface area contributed by atoms with Gasteiger partial charge >= 0.3 is 7.12 Å². The number of hydrogen-bond donors (Lipinski definition) is 2. The molecule has 6 heteroatoms. The molecule has 2 atom stereocenters. The number of aliphatic hydroxyl groups is 2. The second-order valence-electron chi connectivity index (χ2n) is 8.74. The topological polar surface area (TPSA) is 58.9 Å². The van der Waals surface area contributed by atoms with E-state index in [1.54, 1.807) is 0 Å². The maximum absolute atomic E-state index is 10.8. The van der Waals surface area contributed by atoms with E-state index in [1.165, 1.54) is 11.3 Å². The Labute approximate surface area is 182 Å². The number of thiophene rings is 1. The number of hydrogen-bond acceptors (Lipinski definition) is 5. The molecule has 4 rings (SSSR count). The van der Waals surface area contributed by atoms with Crippen LogP contribution in [0.1, 0.15) is 52.5 Å². The monoisotopic (exact) mass is 422 g/mol. The van der Waals surface area contributed by atoms with E-state index in [1.807, 2.05) is 67.6 Å². The molecule has 1 fully saturated rings. The van der Waals surface area contributed by atoms with Crippen LogP contribution in [-0.2, 0) is 9.31 Å². The molecular formula is C24H27BO4S. The van der Waals surface area contributed by atoms with Crippen molar-refractivity contribution < 1.29 is 19.5 Å². The quantitative estimate of drug-likeness (QED) is 0.611. The van der Waals surface area contributed by atoms with Crippen molar-refractivity contribution in [1.82, 2.24) is 0 Å². The van der Waals surface area contributed by atoms with E-state index in [2.05, 4.69) is 13.8 Å². The van der Waals surface area contributed by atoms with Crippen LogP contribution >= 0.6 is 11.3 Å². The lowest BCUT2D eigenvalue weighted by atomic mass is 9.75. The first-order chi connectivity index (χ1) is 14.3. The van der Waals surface area contributed by atoms with Crippen LogP contribution in [0.2, 0.25) is 0 Å². The van der Waals surface area contributed by atoms with Gasteiger partial charge in [-0.3, -0.25) is 0 Å². The van der Waals surface area contributed by atoms with Gasteiger partial charge in [-0.25, -0.2) is 0 Å². The second-order valence-corrected chi connectivity index (χ2v) is 9.89. The van der Waals surface area contributed by atoms with E-state index in [4.69, 9.17) is 9.31 Å². The van der Waals surface area contributed by atoms with Crippen molar-refractivity contribution in [1.29, 1.82) is 0 Å². The average Bonchev–Trinajstić information content (AvgIpc) is 3.24. The highest BCUT2D eigenvalue weighted by atomic mass is 32.1. The van der Waals surface area contributed by atoms with Crippen molar-refractivity contribution in [3.05, 3.63) is 87.1 Å². The summed E-state index contributed by atoms with van der Waals surface area (Å²) in [6, 6.07) is 19.3. The Morgan fingerprint density at radius 2 is 1.27 bits per heavy atom. The third-order valence-electron chi connectivity index (χ3n) is 5.35. The first kappa shape index (κ1) is 21.3. The molecule has 0 spiro atoms. The summed E-state index contributed by atoms with van der Waals surface area (Å²) in [5, 5.41) is 21.5. The molecule has 2 N–H and O–H groups in total. The fourth-order valence-electron chi connectivity index (χ4n) is 3.46. The predicted molar refractivity (Wildman–Crippen MR) is 121 cm³/mol. The molecule has 2 unspecified atom stereocenters. The minimum absolute atomic E-state index is 0.0344. The van der Waals surface area contributed by atoms with Gasteiger partial charge in [0, 0.05) is 28.4 Å². The van der Waals surface area contributed by atoms with Crippen molar-refractivity contribution >= 4 is 23.9 Å². The molecule has 0 radical (unpaired) electrons. The van der Waals surface area contributed by atoms with Gasteiger partial charge in [-0.15, -0.1) is 11.3 Å². The van der Waals surface area contributed by atoms with Crippen molar-refractivity contribution in [2.45, 2.75) is 33.0 Å². The molecule has 156 valence electrons. The van der Waals surface area contributed by atoms with Gasteiger partial charge in [0.05, 0.1) is 0 Å². The maximum Gasteiger partial charge on any atom is 0.493 e. The fourth-order valence-corrected chi connectivity index (χ4v) is 4.50. The van der Waals surface area contributed by atoms with Gasteiger partial charge in [0.1, 0.15) is 12.2 Å². The number of rotatable bonds is 5. The van der Waals surface area contributed by atoms with Crippen LogP contribution in [0.15, 0.2) is 60.7 Å². The lowest BCUT2D eigenvalue weighted by Crippen LogP contribution is -2.47. The van der Waals surface area contributed by atoms with Gasteiger partial charge in [-0.2, -0.15) is 0 Å². The predicted octanol–water partition coefficient (Wildman–Crippen LogP) is 3.99. The maximum atomic E-state index is 10.8. The summed E-state index contributed by atoms with van der Waals surface area (Å²) in [5.74, 6) is 0. The Bertz CT molecular complexity index is 971. The molecule has 0 amide bonds. The molecule has 1 aliphatic heterocycles. The molecule has 4 nitrogen and oxygen atoms in total. The minimum atomic E-state index is -0.741. The van der Waals surface area contributed by atoms with Crippen molar-refractivity contribution in [2.24, 2.45) is 5.41 Å². The normalized spacial score (nSPS) is 18.2. The molecule has 0 saturated carbocycles. The van der Waals surface area contributed by atoms with E-state index in [-0.39, 0.29) is 12.5 Å². The van der Waals surface area contributed by atoms with E-state index in [0.29, 0.717) is 13.2 Å². The van der Waals surface area contributed by atoms with Crippen LogP contribution in [0.25, 0.3) is 0 Å². The summed E-state index contributed by atoms with van der Waals surface area (Å²) in [6.07, 6.45) is -1.43. The Kier molecular flexibility index (Phi) is 6.14. The van der Waals surface area contributed by atoms with E-state index < -0.39 is 12.2 Å². The number of aliphatic hydroxyl groups excluding tert-OH is 2. The average molecular weight is 422 g/mol. The summed E-state index contributed by atoms with van der Waals surface area (Å²) in [5.41, 5.74) is 3.79. The molecule has 1 saturated heterocycles. The third kappa shape index (κ3) is 4.69. The summed E-state index contributed by atoms with van der Waals surface area (Å²) >= 11 is 1.43. The first-order valence-electron chi connectivity index (χ1n) is 10.2. The highest BCUT2D eigenvalue weighted by Gasteiger charge is 2.33. The van der Waals surface area contributed by atoms with E-state index in [9.17, 15) is 10.2 Å². The fraction of sp³-hybridized carbons (Fsp3) is 0.333. The molecule has 0 bridgehead atoms. The zero-order valence-corrected chi connectivity index (χ0v) is 18.4. The zero-order valence-electron chi connectivity index (χ0n) is 17.5. The Balaban J connectivity index is 1.45. The number of aryl methyl sites for hydroxylation is 1. The standard InChI is InChI=1S/C24H27BO4S/c1-16-4-6-17(7-5-16)22(26)20-12-13-21(30-20)23(27)18-8-10-19(11-9-18)25-28-14-24(2,3)15-29-25/h4-13,22-23,26-27H,14-15H2,1-3H3. The summed E-state index contributed by atoms with van der Waals surface area (Å²) in [6.45, 7) is 7.57. The van der Waals surface area contributed by atoms with Crippen LogP contribution in [0.4, 0.5) is 0 Å². The smallest absolute Gasteiger partial charge is 0.407 e. The Morgan fingerprint density at radius 1 is 0.800 bits per heavy atom. The summed E-state index contributed by atoms with van der Waals surface area (Å²) in [7, 11) is -0.359. The molecule has 2 aromatic carbocycles. The molecule has 30 heavy (non-hydrogen) atoms. The van der Waals surface area contributed by atoms with Crippen LogP contribution < -0.4 is 5.46 Å². The van der Waals surface area contributed by atoms with Gasteiger partial charge in [0.2, 0.25) is 0 Å². The van der Waals surface area contributed by atoms with Crippen LogP contribution in [-0.4, -0.2) is 30.5 Å². The van der Waals surface area contributed by atoms with Crippen molar-refractivity contribution in [3.63, 3.8) is 0 Å². The molecule has 2 heterocycles. The molecule has 1 aromatic heterocycles. The Morgan fingerprint density at radius 3 is 1.77 bits per heavy atom. The summed E-state index contributed by atoms with van der Waals surface area (Å²) in [4.78, 5) is 1.62. The SMILES string of the molecule is Cc1ccc(C(O)c2ccc(C(O)c3ccc(B4OCC(C)(C)CO4)cc3)s2)cc1. The van der Waals surface area contributed by atoms with Gasteiger partial charge in [-0.05, 0) is 35.6 Å². The Hall–Kier alpha value is -1.96. The van der Waals surface area contributed by atoms with E-state index >= 15 is 0 Å². The molecule has 0 aliphatic carbocycles. The first-order valence-corrected chi connectivity index (χ1v) is 11.0. The van der Waals surface area contributed by atoms with Crippen LogP contribution in [0.3, 0.4) is 0 Å². The second kappa shape index (κ2) is 8.65. The summed E-state index contributed by atoms with van der Waals surface area (Å²) < 4.78 is 11.7. The lowest BCUT2D eigenvalue weighted by molar-refractivity contribution is 0.0343. The highest BCUT2D eigenvalue weighted by Crippen LogP contribution is 2.34. The zero-order chi connectivity index (χ0) is 21.3. The minimum Gasteiger partial charge on any atom is -0.407 e. The van der Waals surface area contributed by atoms with Crippen molar-refractivity contribution in [2.75, 3.05) is 13.2 Å². The number of benzene rings is 2. The molecular weight excluding hydrogens is 395 g/mol. The van der Waals surface area contributed by atoms with Gasteiger partial charge in [0.15, 0.2) is 0 Å². The van der Waals surface area contributed by atoms with Crippen LogP contribution in [0, 0.1) is 12.3 Å². The van der Waals surface area contributed by atoms with Gasteiger partial charge in [-0.1, -0.05) is 67.9 Å². The molecule has 3 aromatic rings. The highest BCUT2D eigenvalue weighted by molar-refractivity contribution is 7.12. The lowest BCUT2D eigenvalue weighted by Gasteiger charge is -2.33. The van der Waals surface area contributed by atoms with Crippen molar-refractivity contribution in [3.8, 4) is 0 Å². The largest absolute Gasteiger partial charge is 0.493 e.